The van der Waals surface area contributed by atoms with Crippen molar-refractivity contribution in [1.29, 1.82) is 0 Å². The van der Waals surface area contributed by atoms with Crippen LogP contribution < -0.4 is 0 Å². The summed E-state index contributed by atoms with van der Waals surface area (Å²) in [5.41, 5.74) is 0.0624. The third-order valence-corrected chi connectivity index (χ3v) is 3.64. The van der Waals surface area contributed by atoms with Gasteiger partial charge >= 0.3 is 5.97 Å². The van der Waals surface area contributed by atoms with Gasteiger partial charge in [0, 0.05) is 5.92 Å². The average molecular weight is 224 g/mol. The SMILES string of the molecule is CCOC(=O)[C@@H]1CC=C[C@@H]2OCC(C)(C)[C@H]21. The molecule has 1 aliphatic carbocycles. The number of allylic oxidation sites excluding steroid dienone is 1. The number of hydrogen-bond acceptors (Lipinski definition) is 3. The smallest absolute Gasteiger partial charge is 0.309 e. The van der Waals surface area contributed by atoms with Gasteiger partial charge in [-0.25, -0.2) is 0 Å². The maximum absolute atomic E-state index is 11.9. The van der Waals surface area contributed by atoms with Crippen LogP contribution in [-0.2, 0) is 14.3 Å². The van der Waals surface area contributed by atoms with Crippen molar-refractivity contribution in [3.63, 3.8) is 0 Å². The molecule has 0 bridgehead atoms. The molecular weight excluding hydrogens is 204 g/mol. The largest absolute Gasteiger partial charge is 0.466 e. The summed E-state index contributed by atoms with van der Waals surface area (Å²) in [5.74, 6) is 0.157. The Morgan fingerprint density at radius 2 is 2.31 bits per heavy atom. The predicted molar refractivity (Wildman–Crippen MR) is 60.9 cm³/mol. The van der Waals surface area contributed by atoms with Gasteiger partial charge < -0.3 is 9.47 Å². The Hall–Kier alpha value is -0.830. The zero-order valence-corrected chi connectivity index (χ0v) is 10.2. The minimum absolute atomic E-state index is 0.0348. The lowest BCUT2D eigenvalue weighted by Crippen LogP contribution is -2.39. The van der Waals surface area contributed by atoms with Crippen LogP contribution in [0.25, 0.3) is 0 Å². The van der Waals surface area contributed by atoms with E-state index in [4.69, 9.17) is 9.47 Å². The molecule has 0 unspecified atom stereocenters. The second-order valence-electron chi connectivity index (χ2n) is 5.31. The number of carbonyl (C=O) groups excluding carboxylic acids is 1. The van der Waals surface area contributed by atoms with E-state index in [9.17, 15) is 4.79 Å². The Kier molecular flexibility index (Phi) is 3.06. The summed E-state index contributed by atoms with van der Waals surface area (Å²) in [6.07, 6.45) is 5.02. The minimum Gasteiger partial charge on any atom is -0.466 e. The fraction of sp³-hybridized carbons (Fsp3) is 0.769. The van der Waals surface area contributed by atoms with E-state index in [1.54, 1.807) is 0 Å². The van der Waals surface area contributed by atoms with E-state index in [0.29, 0.717) is 6.61 Å². The summed E-state index contributed by atoms with van der Waals surface area (Å²) in [4.78, 5) is 11.9. The lowest BCUT2D eigenvalue weighted by molar-refractivity contribution is -0.152. The molecule has 0 aromatic heterocycles. The molecule has 0 aromatic carbocycles. The van der Waals surface area contributed by atoms with Crippen LogP contribution in [0.2, 0.25) is 0 Å². The van der Waals surface area contributed by atoms with Crippen LogP contribution in [0.3, 0.4) is 0 Å². The Morgan fingerprint density at radius 1 is 1.56 bits per heavy atom. The first-order valence-corrected chi connectivity index (χ1v) is 6.01. The van der Waals surface area contributed by atoms with Crippen LogP contribution in [0.5, 0.6) is 0 Å². The molecule has 0 N–H and O–H groups in total. The first-order valence-electron chi connectivity index (χ1n) is 6.01. The van der Waals surface area contributed by atoms with E-state index in [1.165, 1.54) is 0 Å². The van der Waals surface area contributed by atoms with Crippen LogP contribution in [-0.4, -0.2) is 25.3 Å². The molecule has 16 heavy (non-hydrogen) atoms. The van der Waals surface area contributed by atoms with Crippen LogP contribution in [0.15, 0.2) is 12.2 Å². The highest BCUT2D eigenvalue weighted by atomic mass is 16.5. The Balaban J connectivity index is 2.19. The van der Waals surface area contributed by atoms with Crippen LogP contribution in [0, 0.1) is 17.3 Å². The molecule has 0 radical (unpaired) electrons. The maximum atomic E-state index is 11.9. The highest BCUT2D eigenvalue weighted by Crippen LogP contribution is 2.46. The number of esters is 1. The maximum Gasteiger partial charge on any atom is 0.309 e. The zero-order chi connectivity index (χ0) is 11.8. The fourth-order valence-corrected chi connectivity index (χ4v) is 2.90. The van der Waals surface area contributed by atoms with Crippen molar-refractivity contribution in [2.24, 2.45) is 17.3 Å². The molecule has 1 heterocycles. The number of fused-ring (bicyclic) bond motifs is 1. The number of hydrogen-bond donors (Lipinski definition) is 0. The molecule has 0 amide bonds. The number of carbonyl (C=O) groups is 1. The van der Waals surface area contributed by atoms with Gasteiger partial charge in [-0.2, -0.15) is 0 Å². The molecule has 1 saturated heterocycles. The summed E-state index contributed by atoms with van der Waals surface area (Å²) in [5, 5.41) is 0. The second-order valence-corrected chi connectivity index (χ2v) is 5.31. The summed E-state index contributed by atoms with van der Waals surface area (Å²) in [6, 6.07) is 0. The molecule has 3 atom stereocenters. The molecular formula is C13H20O3. The lowest BCUT2D eigenvalue weighted by atomic mass is 9.68. The van der Waals surface area contributed by atoms with E-state index < -0.39 is 0 Å². The molecule has 1 aliphatic heterocycles. The van der Waals surface area contributed by atoms with Gasteiger partial charge in [-0.1, -0.05) is 26.0 Å². The highest BCUT2D eigenvalue weighted by molar-refractivity contribution is 5.73. The van der Waals surface area contributed by atoms with Gasteiger partial charge in [-0.15, -0.1) is 0 Å². The molecule has 2 rings (SSSR count). The van der Waals surface area contributed by atoms with Crippen LogP contribution in [0.4, 0.5) is 0 Å². The van der Waals surface area contributed by atoms with Crippen molar-refractivity contribution in [2.75, 3.05) is 13.2 Å². The van der Waals surface area contributed by atoms with E-state index in [1.807, 2.05) is 13.0 Å². The molecule has 1 fully saturated rings. The van der Waals surface area contributed by atoms with Crippen molar-refractivity contribution in [2.45, 2.75) is 33.3 Å². The van der Waals surface area contributed by atoms with Gasteiger partial charge in [0.25, 0.3) is 0 Å². The van der Waals surface area contributed by atoms with Crippen LogP contribution >= 0.6 is 0 Å². The van der Waals surface area contributed by atoms with E-state index in [2.05, 4.69) is 19.9 Å². The van der Waals surface area contributed by atoms with Gasteiger partial charge in [0.15, 0.2) is 0 Å². The Labute approximate surface area is 96.8 Å². The average Bonchev–Trinajstić information content (AvgIpc) is 2.56. The van der Waals surface area contributed by atoms with Crippen molar-refractivity contribution < 1.29 is 14.3 Å². The van der Waals surface area contributed by atoms with Crippen LogP contribution in [0.1, 0.15) is 27.2 Å². The molecule has 0 saturated carbocycles. The van der Waals surface area contributed by atoms with Gasteiger partial charge in [0.2, 0.25) is 0 Å². The number of rotatable bonds is 2. The number of ether oxygens (including phenoxy) is 2. The van der Waals surface area contributed by atoms with Gasteiger partial charge in [0.05, 0.1) is 25.2 Å². The van der Waals surface area contributed by atoms with Crippen molar-refractivity contribution in [3.8, 4) is 0 Å². The second kappa shape index (κ2) is 4.21. The van der Waals surface area contributed by atoms with Crippen molar-refractivity contribution >= 4 is 5.97 Å². The van der Waals surface area contributed by atoms with E-state index in [-0.39, 0.29) is 29.3 Å². The first kappa shape index (κ1) is 11.6. The summed E-state index contributed by atoms with van der Waals surface area (Å²) < 4.78 is 10.9. The quantitative estimate of drug-likeness (QED) is 0.532. The third kappa shape index (κ3) is 1.88. The molecule has 90 valence electrons. The van der Waals surface area contributed by atoms with Crippen molar-refractivity contribution in [1.82, 2.24) is 0 Å². The monoisotopic (exact) mass is 224 g/mol. The normalized spacial score (nSPS) is 35.8. The molecule has 3 nitrogen and oxygen atoms in total. The molecule has 2 aliphatic rings. The highest BCUT2D eigenvalue weighted by Gasteiger charge is 2.50. The first-order chi connectivity index (χ1) is 7.56. The topological polar surface area (TPSA) is 35.5 Å². The molecule has 0 spiro atoms. The minimum atomic E-state index is -0.0691. The van der Waals surface area contributed by atoms with E-state index in [0.717, 1.165) is 13.0 Å². The summed E-state index contributed by atoms with van der Waals surface area (Å²) in [6.45, 7) is 7.37. The summed E-state index contributed by atoms with van der Waals surface area (Å²) in [7, 11) is 0. The van der Waals surface area contributed by atoms with E-state index >= 15 is 0 Å². The van der Waals surface area contributed by atoms with Gasteiger partial charge in [0.1, 0.15) is 0 Å². The Bertz CT molecular complexity index is 306. The fourth-order valence-electron chi connectivity index (χ4n) is 2.90. The van der Waals surface area contributed by atoms with Gasteiger partial charge in [-0.05, 0) is 18.8 Å². The summed E-state index contributed by atoms with van der Waals surface area (Å²) >= 11 is 0. The zero-order valence-electron chi connectivity index (χ0n) is 10.2. The van der Waals surface area contributed by atoms with Crippen molar-refractivity contribution in [3.05, 3.63) is 12.2 Å². The molecule has 0 aromatic rings. The van der Waals surface area contributed by atoms with Gasteiger partial charge in [-0.3, -0.25) is 4.79 Å². The predicted octanol–water partition coefficient (Wildman–Crippen LogP) is 2.17. The lowest BCUT2D eigenvalue weighted by Gasteiger charge is -2.34. The third-order valence-electron chi connectivity index (χ3n) is 3.64. The molecule has 3 heteroatoms. The Morgan fingerprint density at radius 3 is 3.00 bits per heavy atom. The standard InChI is InChI=1S/C13H20O3/c1-4-15-12(14)9-6-5-7-10-11(9)13(2,3)8-16-10/h5,7,9-11H,4,6,8H2,1-3H3/t9-,10+,11+/m1/s1.